The summed E-state index contributed by atoms with van der Waals surface area (Å²) in [4.78, 5) is 31.1. The number of fused-ring (bicyclic) bond motifs is 1. The summed E-state index contributed by atoms with van der Waals surface area (Å²) >= 11 is 0. The molecule has 27 heavy (non-hydrogen) atoms. The molecule has 9 nitrogen and oxygen atoms in total. The van der Waals surface area contributed by atoms with Crippen LogP contribution in [-0.4, -0.2) is 94.9 Å². The summed E-state index contributed by atoms with van der Waals surface area (Å²) in [6, 6.07) is 0.409. The highest BCUT2D eigenvalue weighted by atomic mass is 16.5. The Morgan fingerprint density at radius 1 is 1.11 bits per heavy atom. The molecule has 0 saturated carbocycles. The van der Waals surface area contributed by atoms with Gasteiger partial charge in [0.2, 0.25) is 5.91 Å². The van der Waals surface area contributed by atoms with Gasteiger partial charge in [0, 0.05) is 45.0 Å². The average molecular weight is 376 g/mol. The molecule has 3 amide bonds. The first-order valence-corrected chi connectivity index (χ1v) is 9.87. The largest absolute Gasteiger partial charge is 0.378 e. The van der Waals surface area contributed by atoms with Gasteiger partial charge in [-0.3, -0.25) is 14.4 Å². The minimum absolute atomic E-state index is 0.0210. The van der Waals surface area contributed by atoms with Gasteiger partial charge in [0.15, 0.2) is 0 Å². The van der Waals surface area contributed by atoms with Crippen LogP contribution < -0.4 is 5.32 Å². The quantitative estimate of drug-likeness (QED) is 0.828. The fourth-order valence-electron chi connectivity index (χ4n) is 4.11. The minimum atomic E-state index is -0.0840. The van der Waals surface area contributed by atoms with Crippen molar-refractivity contribution in [2.24, 2.45) is 0 Å². The first kappa shape index (κ1) is 18.2. The highest BCUT2D eigenvalue weighted by molar-refractivity contribution is 5.89. The fraction of sp³-hybridized carbons (Fsp3) is 0.722. The number of morpholine rings is 1. The molecule has 3 saturated heterocycles. The number of anilines is 1. The summed E-state index contributed by atoms with van der Waals surface area (Å²) in [5, 5.41) is 7.13. The Morgan fingerprint density at radius 3 is 2.81 bits per heavy atom. The molecule has 148 valence electrons. The van der Waals surface area contributed by atoms with Gasteiger partial charge >= 0.3 is 6.03 Å². The average Bonchev–Trinajstić information content (AvgIpc) is 3.15. The van der Waals surface area contributed by atoms with E-state index in [1.54, 1.807) is 22.0 Å². The molecule has 1 unspecified atom stereocenters. The lowest BCUT2D eigenvalue weighted by atomic mass is 10.00. The number of aromatic nitrogens is 2. The van der Waals surface area contributed by atoms with Gasteiger partial charge in [0.05, 0.1) is 25.1 Å². The predicted molar refractivity (Wildman–Crippen MR) is 99.4 cm³/mol. The summed E-state index contributed by atoms with van der Waals surface area (Å²) < 4.78 is 6.84. The van der Waals surface area contributed by atoms with Crippen LogP contribution in [0.3, 0.4) is 0 Å². The maximum Gasteiger partial charge on any atom is 0.322 e. The van der Waals surface area contributed by atoms with Gasteiger partial charge in [-0.15, -0.1) is 0 Å². The second-order valence-electron chi connectivity index (χ2n) is 7.48. The molecule has 9 heteroatoms. The second-order valence-corrected chi connectivity index (χ2v) is 7.48. The Balaban J connectivity index is 1.28. The maximum atomic E-state index is 12.6. The van der Waals surface area contributed by atoms with Crippen molar-refractivity contribution in [1.29, 1.82) is 0 Å². The Hall–Kier alpha value is -2.13. The monoisotopic (exact) mass is 376 g/mol. The van der Waals surface area contributed by atoms with E-state index in [-0.39, 0.29) is 18.5 Å². The van der Waals surface area contributed by atoms with E-state index < -0.39 is 0 Å². The number of carbonyl (C=O) groups is 2. The first-order chi connectivity index (χ1) is 13.2. The molecule has 1 N–H and O–H groups in total. The van der Waals surface area contributed by atoms with Gasteiger partial charge in [0.25, 0.3) is 0 Å². The van der Waals surface area contributed by atoms with Crippen molar-refractivity contribution in [3.63, 3.8) is 0 Å². The van der Waals surface area contributed by atoms with Gasteiger partial charge in [-0.1, -0.05) is 6.42 Å². The van der Waals surface area contributed by atoms with E-state index in [4.69, 9.17) is 4.74 Å². The van der Waals surface area contributed by atoms with E-state index in [1.807, 2.05) is 4.90 Å². The van der Waals surface area contributed by atoms with E-state index in [1.165, 1.54) is 19.3 Å². The Labute approximate surface area is 159 Å². The van der Waals surface area contributed by atoms with Crippen molar-refractivity contribution >= 4 is 17.6 Å². The van der Waals surface area contributed by atoms with Gasteiger partial charge < -0.3 is 19.9 Å². The van der Waals surface area contributed by atoms with Gasteiger partial charge in [-0.2, -0.15) is 5.10 Å². The highest BCUT2D eigenvalue weighted by Crippen LogP contribution is 2.21. The van der Waals surface area contributed by atoms with Crippen LogP contribution >= 0.6 is 0 Å². The predicted octanol–water partition coefficient (Wildman–Crippen LogP) is 0.444. The van der Waals surface area contributed by atoms with Gasteiger partial charge in [0.1, 0.15) is 6.54 Å². The number of hydrogen-bond donors (Lipinski definition) is 1. The van der Waals surface area contributed by atoms with Crippen molar-refractivity contribution in [3.05, 3.63) is 12.4 Å². The van der Waals surface area contributed by atoms with Crippen LogP contribution in [0.15, 0.2) is 12.4 Å². The summed E-state index contributed by atoms with van der Waals surface area (Å²) in [7, 11) is 0. The molecule has 0 spiro atoms. The number of carbonyl (C=O) groups excluding carboxylic acids is 2. The van der Waals surface area contributed by atoms with E-state index in [0.29, 0.717) is 38.0 Å². The van der Waals surface area contributed by atoms with E-state index in [9.17, 15) is 9.59 Å². The van der Waals surface area contributed by atoms with Crippen molar-refractivity contribution in [2.45, 2.75) is 31.8 Å². The summed E-state index contributed by atoms with van der Waals surface area (Å²) in [6.07, 6.45) is 7.01. The third-order valence-corrected chi connectivity index (χ3v) is 5.67. The number of piperidine rings is 1. The van der Waals surface area contributed by atoms with Crippen molar-refractivity contribution in [3.8, 4) is 0 Å². The fourth-order valence-corrected chi connectivity index (χ4v) is 4.11. The Bertz CT molecular complexity index is 672. The number of amides is 3. The van der Waals surface area contributed by atoms with Crippen molar-refractivity contribution < 1.29 is 14.3 Å². The lowest BCUT2D eigenvalue weighted by molar-refractivity contribution is -0.136. The summed E-state index contributed by atoms with van der Waals surface area (Å²) in [6.45, 7) is 6.24. The number of nitrogens with zero attached hydrogens (tertiary/aromatic N) is 5. The van der Waals surface area contributed by atoms with Crippen LogP contribution in [-0.2, 0) is 16.1 Å². The molecule has 0 aromatic carbocycles. The molecular weight excluding hydrogens is 348 g/mol. The molecule has 1 aromatic rings. The molecular formula is C18H28N6O3. The number of nitrogens with one attached hydrogen (secondary N) is 1. The zero-order valence-electron chi connectivity index (χ0n) is 15.7. The topological polar surface area (TPSA) is 82.9 Å². The standard InChI is InChI=1S/C18H28N6O3/c25-17(22-7-9-27-10-8-22)14-24-12-15(11-19-24)20-18(26)23-6-5-21-4-2-1-3-16(21)13-23/h11-12,16H,1-10,13-14H2,(H,20,26). The maximum absolute atomic E-state index is 12.6. The number of ether oxygens (including phenoxy) is 1. The smallest absolute Gasteiger partial charge is 0.322 e. The summed E-state index contributed by atoms with van der Waals surface area (Å²) in [5.41, 5.74) is 0.626. The van der Waals surface area contributed by atoms with Crippen LogP contribution in [0.2, 0.25) is 0 Å². The molecule has 3 aliphatic rings. The molecule has 3 fully saturated rings. The number of rotatable bonds is 3. The molecule has 4 rings (SSSR count). The molecule has 0 aliphatic carbocycles. The summed E-state index contributed by atoms with van der Waals surface area (Å²) in [5.74, 6) is 0.0210. The lowest BCUT2D eigenvalue weighted by Crippen LogP contribution is -2.56. The molecule has 1 atom stereocenters. The van der Waals surface area contributed by atoms with Gasteiger partial charge in [-0.05, 0) is 19.4 Å². The molecule has 0 radical (unpaired) electrons. The SMILES string of the molecule is O=C(Cn1cc(NC(=O)N2CCN3CCCCC3C2)cn1)N1CCOCC1. The number of hydrogen-bond acceptors (Lipinski definition) is 5. The van der Waals surface area contributed by atoms with Gasteiger partial charge in [-0.25, -0.2) is 4.79 Å². The zero-order chi connectivity index (χ0) is 18.6. The van der Waals surface area contributed by atoms with E-state index in [0.717, 1.165) is 26.2 Å². The molecule has 1 aromatic heterocycles. The van der Waals surface area contributed by atoms with E-state index >= 15 is 0 Å². The normalized spacial score (nSPS) is 23.8. The third kappa shape index (κ3) is 4.41. The van der Waals surface area contributed by atoms with Crippen LogP contribution in [0.25, 0.3) is 0 Å². The second kappa shape index (κ2) is 8.26. The molecule has 4 heterocycles. The van der Waals surface area contributed by atoms with Crippen molar-refractivity contribution in [2.75, 3.05) is 57.8 Å². The number of piperazine rings is 1. The van der Waals surface area contributed by atoms with Crippen LogP contribution in [0.4, 0.5) is 10.5 Å². The molecule has 3 aliphatic heterocycles. The lowest BCUT2D eigenvalue weighted by Gasteiger charge is -2.43. The Morgan fingerprint density at radius 2 is 1.96 bits per heavy atom. The van der Waals surface area contributed by atoms with E-state index in [2.05, 4.69) is 15.3 Å². The first-order valence-electron chi connectivity index (χ1n) is 9.87. The Kier molecular flexibility index (Phi) is 5.58. The highest BCUT2D eigenvalue weighted by Gasteiger charge is 2.31. The van der Waals surface area contributed by atoms with Crippen LogP contribution in [0.1, 0.15) is 19.3 Å². The number of urea groups is 1. The van der Waals surface area contributed by atoms with Crippen LogP contribution in [0, 0.1) is 0 Å². The zero-order valence-corrected chi connectivity index (χ0v) is 15.7. The van der Waals surface area contributed by atoms with Crippen molar-refractivity contribution in [1.82, 2.24) is 24.5 Å². The molecule has 0 bridgehead atoms. The third-order valence-electron chi connectivity index (χ3n) is 5.67. The minimum Gasteiger partial charge on any atom is -0.378 e. The van der Waals surface area contributed by atoms with Crippen LogP contribution in [0.5, 0.6) is 0 Å².